The Bertz CT molecular complexity index is 618. The van der Waals surface area contributed by atoms with Crippen LogP contribution in [0.4, 0.5) is 13.6 Å². The standard InChI is InChI=1S/C16H18F2N2O2S/c17-13-2-1-12(9-14(13)18)11-3-5-19(6-4-11)15(21)10-20-7-8-23-16(20)22/h1-2,9,11H,3-8,10H2. The van der Waals surface area contributed by atoms with Gasteiger partial charge in [-0.1, -0.05) is 17.8 Å². The number of rotatable bonds is 3. The average Bonchev–Trinajstić information content (AvgIpc) is 2.95. The van der Waals surface area contributed by atoms with Crippen molar-refractivity contribution in [2.45, 2.75) is 18.8 Å². The molecule has 0 aromatic heterocycles. The molecule has 0 spiro atoms. The van der Waals surface area contributed by atoms with Gasteiger partial charge in [-0.2, -0.15) is 0 Å². The highest BCUT2D eigenvalue weighted by Crippen LogP contribution is 2.29. The van der Waals surface area contributed by atoms with Crippen molar-refractivity contribution in [3.63, 3.8) is 0 Å². The molecule has 2 fully saturated rings. The number of amides is 2. The highest BCUT2D eigenvalue weighted by molar-refractivity contribution is 8.13. The molecule has 0 aliphatic carbocycles. The maximum Gasteiger partial charge on any atom is 0.282 e. The number of nitrogens with zero attached hydrogens (tertiary/aromatic N) is 2. The summed E-state index contributed by atoms with van der Waals surface area (Å²) in [6, 6.07) is 4.01. The maximum atomic E-state index is 13.3. The first-order valence-corrected chi connectivity index (χ1v) is 8.67. The average molecular weight is 340 g/mol. The zero-order chi connectivity index (χ0) is 16.4. The summed E-state index contributed by atoms with van der Waals surface area (Å²) in [6.45, 7) is 1.93. The lowest BCUT2D eigenvalue weighted by atomic mass is 9.89. The van der Waals surface area contributed by atoms with E-state index >= 15 is 0 Å². The number of halogens is 2. The highest BCUT2D eigenvalue weighted by Gasteiger charge is 2.28. The minimum atomic E-state index is -0.838. The predicted octanol–water partition coefficient (Wildman–Crippen LogP) is 2.84. The van der Waals surface area contributed by atoms with Gasteiger partial charge in [0.05, 0.1) is 0 Å². The zero-order valence-electron chi connectivity index (χ0n) is 12.6. The Kier molecular flexibility index (Phi) is 4.84. The molecule has 0 N–H and O–H groups in total. The zero-order valence-corrected chi connectivity index (χ0v) is 13.5. The van der Waals surface area contributed by atoms with Crippen molar-refractivity contribution in [2.75, 3.05) is 31.9 Å². The van der Waals surface area contributed by atoms with E-state index in [1.54, 1.807) is 15.9 Å². The number of carbonyl (C=O) groups excluding carboxylic acids is 2. The van der Waals surface area contributed by atoms with Crippen molar-refractivity contribution in [3.05, 3.63) is 35.4 Å². The molecule has 3 rings (SSSR count). The Balaban J connectivity index is 1.54. The van der Waals surface area contributed by atoms with Crippen LogP contribution in [0.1, 0.15) is 24.3 Å². The van der Waals surface area contributed by atoms with Gasteiger partial charge in [0.1, 0.15) is 6.54 Å². The van der Waals surface area contributed by atoms with Gasteiger partial charge in [-0.25, -0.2) is 8.78 Å². The second kappa shape index (κ2) is 6.86. The van der Waals surface area contributed by atoms with Gasteiger partial charge < -0.3 is 9.80 Å². The van der Waals surface area contributed by atoms with Gasteiger partial charge in [0.2, 0.25) is 5.91 Å². The fourth-order valence-corrected chi connectivity index (χ4v) is 3.89. The minimum Gasteiger partial charge on any atom is -0.341 e. The van der Waals surface area contributed by atoms with Crippen molar-refractivity contribution in [3.8, 4) is 0 Å². The molecule has 4 nitrogen and oxygen atoms in total. The van der Waals surface area contributed by atoms with Crippen LogP contribution in [-0.2, 0) is 4.79 Å². The van der Waals surface area contributed by atoms with Crippen LogP contribution < -0.4 is 0 Å². The van der Waals surface area contributed by atoms with Crippen molar-refractivity contribution in [1.29, 1.82) is 0 Å². The summed E-state index contributed by atoms with van der Waals surface area (Å²) in [5, 5.41) is -0.0324. The van der Waals surface area contributed by atoms with E-state index in [2.05, 4.69) is 0 Å². The normalized spacial score (nSPS) is 19.5. The Morgan fingerprint density at radius 2 is 1.91 bits per heavy atom. The van der Waals surface area contributed by atoms with E-state index in [1.165, 1.54) is 17.8 Å². The molecule has 1 aromatic rings. The maximum absolute atomic E-state index is 13.3. The first-order chi connectivity index (χ1) is 11.0. The van der Waals surface area contributed by atoms with Crippen molar-refractivity contribution < 1.29 is 18.4 Å². The molecule has 2 amide bonds. The Morgan fingerprint density at radius 3 is 2.52 bits per heavy atom. The van der Waals surface area contributed by atoms with Gasteiger partial charge in [0, 0.05) is 25.4 Å². The van der Waals surface area contributed by atoms with Crippen molar-refractivity contribution in [1.82, 2.24) is 9.80 Å². The third-order valence-corrected chi connectivity index (χ3v) is 5.33. The lowest BCUT2D eigenvalue weighted by molar-refractivity contribution is -0.132. The number of benzene rings is 1. The quantitative estimate of drug-likeness (QED) is 0.850. The van der Waals surface area contributed by atoms with E-state index in [4.69, 9.17) is 0 Å². The largest absolute Gasteiger partial charge is 0.341 e. The molecule has 2 aliphatic heterocycles. The minimum absolute atomic E-state index is 0.0324. The molecule has 0 unspecified atom stereocenters. The summed E-state index contributed by atoms with van der Waals surface area (Å²) in [7, 11) is 0. The molecule has 1 aromatic carbocycles. The molecule has 0 bridgehead atoms. The number of carbonyl (C=O) groups is 2. The van der Waals surface area contributed by atoms with Crippen LogP contribution in [0, 0.1) is 11.6 Å². The lowest BCUT2D eigenvalue weighted by Crippen LogP contribution is -2.44. The molecule has 0 atom stereocenters. The second-order valence-electron chi connectivity index (χ2n) is 5.86. The lowest BCUT2D eigenvalue weighted by Gasteiger charge is -2.33. The first-order valence-electron chi connectivity index (χ1n) is 7.69. The third-order valence-electron chi connectivity index (χ3n) is 4.43. The summed E-state index contributed by atoms with van der Waals surface area (Å²) < 4.78 is 26.3. The molecule has 0 saturated carbocycles. The van der Waals surface area contributed by atoms with Crippen LogP contribution >= 0.6 is 11.8 Å². The van der Waals surface area contributed by atoms with Crippen molar-refractivity contribution in [2.24, 2.45) is 0 Å². The van der Waals surface area contributed by atoms with Crippen LogP contribution in [0.2, 0.25) is 0 Å². The number of hydrogen-bond acceptors (Lipinski definition) is 3. The van der Waals surface area contributed by atoms with Crippen LogP contribution in [0.15, 0.2) is 18.2 Å². The van der Waals surface area contributed by atoms with Gasteiger partial charge in [-0.15, -0.1) is 0 Å². The summed E-state index contributed by atoms with van der Waals surface area (Å²) in [6.07, 6.45) is 1.44. The topological polar surface area (TPSA) is 40.6 Å². The molecule has 2 aliphatic rings. The summed E-state index contributed by atoms with van der Waals surface area (Å²) in [4.78, 5) is 27.1. The molecule has 0 radical (unpaired) electrons. The highest BCUT2D eigenvalue weighted by atomic mass is 32.2. The summed E-state index contributed by atoms with van der Waals surface area (Å²) >= 11 is 1.24. The summed E-state index contributed by atoms with van der Waals surface area (Å²) in [5.74, 6) is -0.826. The molecule has 23 heavy (non-hydrogen) atoms. The van der Waals surface area contributed by atoms with E-state index in [9.17, 15) is 18.4 Å². The van der Waals surface area contributed by atoms with Crippen LogP contribution in [0.3, 0.4) is 0 Å². The predicted molar refractivity (Wildman–Crippen MR) is 84.3 cm³/mol. The molecule has 7 heteroatoms. The fourth-order valence-electron chi connectivity index (χ4n) is 3.06. The van der Waals surface area contributed by atoms with Crippen molar-refractivity contribution >= 4 is 22.9 Å². The van der Waals surface area contributed by atoms with E-state index in [0.29, 0.717) is 19.6 Å². The van der Waals surface area contributed by atoms with Gasteiger partial charge in [-0.3, -0.25) is 9.59 Å². The molecule has 124 valence electrons. The van der Waals surface area contributed by atoms with Gasteiger partial charge in [-0.05, 0) is 36.5 Å². The third kappa shape index (κ3) is 3.65. The van der Waals surface area contributed by atoms with Gasteiger partial charge >= 0.3 is 0 Å². The van der Waals surface area contributed by atoms with E-state index in [-0.39, 0.29) is 23.6 Å². The summed E-state index contributed by atoms with van der Waals surface area (Å²) in [5.41, 5.74) is 0.780. The monoisotopic (exact) mass is 340 g/mol. The molecule has 2 heterocycles. The Hall–Kier alpha value is -1.63. The van der Waals surface area contributed by atoms with Gasteiger partial charge in [0.25, 0.3) is 5.24 Å². The number of thioether (sulfide) groups is 1. The smallest absolute Gasteiger partial charge is 0.282 e. The van der Waals surface area contributed by atoms with Gasteiger partial charge in [0.15, 0.2) is 11.6 Å². The van der Waals surface area contributed by atoms with Crippen LogP contribution in [0.25, 0.3) is 0 Å². The number of piperidine rings is 1. The van der Waals surface area contributed by atoms with E-state index in [0.717, 1.165) is 30.2 Å². The molecular formula is C16H18F2N2O2S. The Morgan fingerprint density at radius 1 is 1.17 bits per heavy atom. The van der Waals surface area contributed by atoms with Crippen LogP contribution in [-0.4, -0.2) is 52.9 Å². The Labute approximate surface area is 137 Å². The molecule has 2 saturated heterocycles. The molecular weight excluding hydrogens is 322 g/mol. The second-order valence-corrected chi connectivity index (χ2v) is 6.91. The SMILES string of the molecule is O=C(CN1CCSC1=O)N1CCC(c2ccc(F)c(F)c2)CC1. The van der Waals surface area contributed by atoms with E-state index < -0.39 is 11.6 Å². The number of hydrogen-bond donors (Lipinski definition) is 0. The van der Waals surface area contributed by atoms with E-state index in [1.807, 2.05) is 0 Å². The number of likely N-dealkylation sites (tertiary alicyclic amines) is 1. The van der Waals surface area contributed by atoms with Crippen LogP contribution in [0.5, 0.6) is 0 Å². The first kappa shape index (κ1) is 16.2. The fraction of sp³-hybridized carbons (Fsp3) is 0.500.